The summed E-state index contributed by atoms with van der Waals surface area (Å²) < 4.78 is 32.6. The Morgan fingerprint density at radius 1 is 1.11 bits per heavy atom. The predicted octanol–water partition coefficient (Wildman–Crippen LogP) is 3.05. The molecule has 1 aromatic rings. The van der Waals surface area contributed by atoms with Crippen molar-refractivity contribution in [1.82, 2.24) is 20.3 Å². The van der Waals surface area contributed by atoms with Gasteiger partial charge in [0.1, 0.15) is 11.6 Å². The van der Waals surface area contributed by atoms with Crippen LogP contribution in [0.2, 0.25) is 0 Å². The molecule has 0 radical (unpaired) electrons. The van der Waals surface area contributed by atoms with Crippen molar-refractivity contribution in [2.75, 3.05) is 26.0 Å². The summed E-state index contributed by atoms with van der Waals surface area (Å²) in [6.07, 6.45) is 5.73. The van der Waals surface area contributed by atoms with Gasteiger partial charge in [-0.3, -0.25) is 29.2 Å². The molecule has 14 heteroatoms. The molecule has 1 aliphatic heterocycles. The van der Waals surface area contributed by atoms with Gasteiger partial charge >= 0.3 is 6.09 Å². The number of hydrogen-bond donors (Lipinski definition) is 4. The molecular weight excluding hydrogens is 602 g/mol. The zero-order chi connectivity index (χ0) is 32.6. The maximum absolute atomic E-state index is 13.9. The van der Waals surface area contributed by atoms with Crippen LogP contribution in [0.1, 0.15) is 74.4 Å². The topological polar surface area (TPSA) is 180 Å². The van der Waals surface area contributed by atoms with Gasteiger partial charge in [-0.2, -0.15) is 0 Å². The van der Waals surface area contributed by atoms with Gasteiger partial charge in [-0.1, -0.05) is 18.2 Å². The summed E-state index contributed by atoms with van der Waals surface area (Å²) in [5.41, 5.74) is -0.778. The average molecular weight is 652 g/mol. The Bertz CT molecular complexity index is 1540. The van der Waals surface area contributed by atoms with E-state index >= 15 is 0 Å². The summed E-state index contributed by atoms with van der Waals surface area (Å²) in [4.78, 5) is 67.3. The van der Waals surface area contributed by atoms with Gasteiger partial charge in [-0.05, 0) is 76.5 Å². The number of nitrogens with zero attached hydrogens (tertiary/aromatic N) is 1. The zero-order valence-electron chi connectivity index (χ0n) is 25.8. The number of nitrogens with one attached hydrogen (secondary N) is 4. The van der Waals surface area contributed by atoms with E-state index in [1.54, 1.807) is 37.1 Å². The summed E-state index contributed by atoms with van der Waals surface area (Å²) >= 11 is 0. The molecule has 0 saturated heterocycles. The van der Waals surface area contributed by atoms with Gasteiger partial charge in [-0.15, -0.1) is 0 Å². The van der Waals surface area contributed by atoms with Crippen molar-refractivity contribution in [3.8, 4) is 0 Å². The highest BCUT2D eigenvalue weighted by atomic mass is 32.2. The second-order valence-corrected chi connectivity index (χ2v) is 15.0. The first-order valence-electron chi connectivity index (χ1n) is 15.4. The van der Waals surface area contributed by atoms with Crippen LogP contribution in [0.4, 0.5) is 10.5 Å². The maximum Gasteiger partial charge on any atom is 0.411 e. The fraction of sp³-hybridized carbons (Fsp3) is 0.581. The van der Waals surface area contributed by atoms with Crippen molar-refractivity contribution in [2.45, 2.75) is 74.7 Å². The average Bonchev–Trinajstić information content (AvgIpc) is 3.88. The van der Waals surface area contributed by atoms with Crippen molar-refractivity contribution in [2.24, 2.45) is 17.8 Å². The minimum atomic E-state index is -3.94. The monoisotopic (exact) mass is 651 g/mol. The summed E-state index contributed by atoms with van der Waals surface area (Å²) in [5.74, 6) is -4.05. The summed E-state index contributed by atoms with van der Waals surface area (Å²) in [7, 11) is -0.766. The third-order valence-electron chi connectivity index (χ3n) is 9.50. The molecule has 0 spiro atoms. The fourth-order valence-corrected chi connectivity index (χ4v) is 7.48. The van der Waals surface area contributed by atoms with Crippen LogP contribution in [0.15, 0.2) is 36.4 Å². The minimum Gasteiger partial charge on any atom is -0.446 e. The normalized spacial score (nSPS) is 30.0. The van der Waals surface area contributed by atoms with Crippen LogP contribution in [0, 0.1) is 17.8 Å². The molecule has 252 valence electrons. The first kappa shape index (κ1) is 32.5. The van der Waals surface area contributed by atoms with Gasteiger partial charge in [0.15, 0.2) is 0 Å². The summed E-state index contributed by atoms with van der Waals surface area (Å²) in [5, 5.41) is 7.94. The zero-order valence-corrected chi connectivity index (χ0v) is 26.6. The molecule has 13 nitrogen and oxygen atoms in total. The second kappa shape index (κ2) is 12.5. The van der Waals surface area contributed by atoms with E-state index in [9.17, 15) is 32.4 Å². The Kier molecular flexibility index (Phi) is 8.98. The molecule has 0 bridgehead atoms. The fourth-order valence-electron chi connectivity index (χ4n) is 6.17. The van der Waals surface area contributed by atoms with Gasteiger partial charge in [0.2, 0.25) is 21.8 Å². The highest BCUT2D eigenvalue weighted by Crippen LogP contribution is 2.48. The number of amides is 5. The van der Waals surface area contributed by atoms with E-state index in [1.165, 1.54) is 13.1 Å². The lowest BCUT2D eigenvalue weighted by Crippen LogP contribution is -2.55. The van der Waals surface area contributed by atoms with Gasteiger partial charge in [-0.25, -0.2) is 13.2 Å². The minimum absolute atomic E-state index is 0. The molecule has 4 N–H and O–H groups in total. The molecular formula is C31H49N5O8S. The number of hydrogen-bond acceptors (Lipinski definition) is 8. The Balaban J connectivity index is 0.00000300. The third-order valence-corrected chi connectivity index (χ3v) is 11.7. The van der Waals surface area contributed by atoms with Crippen LogP contribution in [0.25, 0.3) is 0 Å². The maximum atomic E-state index is 13.9. The third kappa shape index (κ3) is 6.85. The van der Waals surface area contributed by atoms with Crippen LogP contribution in [0.3, 0.4) is 0 Å². The standard InChI is InChI=1S/C31H41N5O8S.4H2/c1-30(12-13-30)45(42,43)35-28(40)31-18-20(31)10-6-4-5-7-14-36(3)27(39)24-17-22(16-23(24)26(38)34-31)44-29(41)33-21-11-8-9-19(15-21)25(37)32-2;;;;/h6,8-11,15,20,22-24H,4-5,7,12-14,16-18H2,1-3H3,(H,32,37)(H,33,41)(H,34,38)(H,35,40);4*1H/b10-6-;;;;/t20-,22-,23-,24-,31-;;;;/m1..../s1. The highest BCUT2D eigenvalue weighted by Gasteiger charge is 2.63. The largest absolute Gasteiger partial charge is 0.446 e. The van der Waals surface area contributed by atoms with E-state index in [4.69, 9.17) is 4.74 Å². The molecule has 0 aromatic heterocycles. The Morgan fingerprint density at radius 2 is 1.84 bits per heavy atom. The smallest absolute Gasteiger partial charge is 0.411 e. The first-order valence-corrected chi connectivity index (χ1v) is 16.9. The van der Waals surface area contributed by atoms with Gasteiger partial charge in [0.25, 0.3) is 11.8 Å². The van der Waals surface area contributed by atoms with Crippen LogP contribution in [0.5, 0.6) is 0 Å². The van der Waals surface area contributed by atoms with E-state index < -0.39 is 62.1 Å². The first-order chi connectivity index (χ1) is 21.3. The molecule has 0 unspecified atom stereocenters. The molecule has 5 amide bonds. The molecule has 5 rings (SSSR count). The van der Waals surface area contributed by atoms with E-state index in [2.05, 4.69) is 20.7 Å². The Morgan fingerprint density at radius 3 is 2.56 bits per heavy atom. The van der Waals surface area contributed by atoms with Crippen LogP contribution in [-0.4, -0.2) is 80.1 Å². The van der Waals surface area contributed by atoms with Crippen molar-refractivity contribution >= 4 is 45.4 Å². The van der Waals surface area contributed by atoms with Gasteiger partial charge in [0, 0.05) is 43.5 Å². The Labute approximate surface area is 268 Å². The lowest BCUT2D eigenvalue weighted by molar-refractivity contribution is -0.140. The molecule has 3 saturated carbocycles. The number of anilines is 1. The van der Waals surface area contributed by atoms with Crippen LogP contribution in [-0.2, 0) is 29.1 Å². The lowest BCUT2D eigenvalue weighted by Gasteiger charge is -2.27. The van der Waals surface area contributed by atoms with Crippen LogP contribution < -0.4 is 20.7 Å². The number of ether oxygens (including phenoxy) is 1. The molecule has 1 aromatic carbocycles. The molecule has 1 heterocycles. The molecule has 4 aliphatic rings. The molecule has 3 aliphatic carbocycles. The number of fused-ring (bicyclic) bond motifs is 2. The van der Waals surface area contributed by atoms with E-state index in [1.807, 2.05) is 12.2 Å². The highest BCUT2D eigenvalue weighted by molar-refractivity contribution is 7.91. The van der Waals surface area contributed by atoms with Crippen molar-refractivity contribution in [1.29, 1.82) is 0 Å². The predicted molar refractivity (Wildman–Crippen MR) is 173 cm³/mol. The van der Waals surface area contributed by atoms with Crippen LogP contribution >= 0.6 is 0 Å². The molecule has 5 atom stereocenters. The molecule has 45 heavy (non-hydrogen) atoms. The van der Waals surface area contributed by atoms with Crippen molar-refractivity contribution < 1.29 is 42.8 Å². The number of carbonyl (C=O) groups is 5. The number of rotatable bonds is 6. The van der Waals surface area contributed by atoms with Crippen molar-refractivity contribution in [3.05, 3.63) is 42.0 Å². The Hall–Kier alpha value is -3.94. The number of sulfonamides is 1. The lowest BCUT2D eigenvalue weighted by atomic mass is 9.93. The SMILES string of the molecule is CNC(=O)c1cccc(NC(=O)O[C@@H]2C[C@H]3C(=O)N[C@]4(C(=O)NS(=O)(=O)C5(C)CC5)C[C@H]4/C=C\CCCCN(C)C(=O)[C@@H]3C2)c1.[HH].[HH].[HH].[HH]. The van der Waals surface area contributed by atoms with E-state index in [0.717, 1.165) is 12.8 Å². The molecule has 3 fully saturated rings. The van der Waals surface area contributed by atoms with Gasteiger partial charge in [0.05, 0.1) is 16.6 Å². The summed E-state index contributed by atoms with van der Waals surface area (Å²) in [6.45, 7) is 2.08. The second-order valence-electron chi connectivity index (χ2n) is 12.8. The summed E-state index contributed by atoms with van der Waals surface area (Å²) in [6, 6.07) is 6.30. The quantitative estimate of drug-likeness (QED) is 0.339. The number of carbonyl (C=O) groups excluding carboxylic acids is 5. The van der Waals surface area contributed by atoms with E-state index in [0.29, 0.717) is 37.1 Å². The van der Waals surface area contributed by atoms with Gasteiger partial charge < -0.3 is 20.3 Å². The van der Waals surface area contributed by atoms with Crippen molar-refractivity contribution in [3.63, 3.8) is 0 Å². The number of allylic oxidation sites excluding steroid dienone is 1. The van der Waals surface area contributed by atoms with E-state index in [-0.39, 0.29) is 36.8 Å². The number of benzene rings is 1.